The maximum absolute atomic E-state index is 12.3. The number of aromatic nitrogens is 1. The smallest absolute Gasteiger partial charge is 0.475 e. The van der Waals surface area contributed by atoms with Gasteiger partial charge in [-0.2, -0.15) is 26.3 Å². The molecule has 0 aromatic carbocycles. The minimum Gasteiger partial charge on any atom is -0.475 e. The maximum Gasteiger partial charge on any atom is 0.490 e. The van der Waals surface area contributed by atoms with Crippen LogP contribution in [0.4, 0.5) is 26.3 Å². The Morgan fingerprint density at radius 3 is 2.05 bits per heavy atom. The molecule has 0 bridgehead atoms. The van der Waals surface area contributed by atoms with Crippen LogP contribution in [0.5, 0.6) is 0 Å². The van der Waals surface area contributed by atoms with Crippen molar-refractivity contribution < 1.29 is 59.3 Å². The second kappa shape index (κ2) is 13.4. The molecule has 0 amide bonds. The minimum atomic E-state index is -5.08. The molecule has 3 heterocycles. The molecule has 228 valence electrons. The maximum atomic E-state index is 12.3. The summed E-state index contributed by atoms with van der Waals surface area (Å²) in [5, 5.41) is 14.1. The number of halogens is 6. The van der Waals surface area contributed by atoms with Gasteiger partial charge in [0.25, 0.3) is 0 Å². The number of alkyl halides is 6. The first-order valence-electron chi connectivity index (χ1n) is 12.2. The van der Waals surface area contributed by atoms with Gasteiger partial charge in [0.15, 0.2) is 0 Å². The Labute approximate surface area is 226 Å². The van der Waals surface area contributed by atoms with E-state index in [2.05, 4.69) is 27.6 Å². The Balaban J connectivity index is 0.000000333. The number of hydrogen-bond acceptors (Lipinski definition) is 7. The summed E-state index contributed by atoms with van der Waals surface area (Å²) >= 11 is 0. The number of piperidine rings is 1. The summed E-state index contributed by atoms with van der Waals surface area (Å²) in [6, 6.07) is 4.11. The van der Waals surface area contributed by atoms with Crippen molar-refractivity contribution >= 4 is 22.0 Å². The molecule has 4 rings (SSSR count). The minimum absolute atomic E-state index is 0.0268. The normalized spacial score (nSPS) is 21.4. The number of ether oxygens (including phenoxy) is 1. The lowest BCUT2D eigenvalue weighted by atomic mass is 9.82. The van der Waals surface area contributed by atoms with Crippen molar-refractivity contribution in [2.24, 2.45) is 0 Å². The standard InChI is InChI=1S/C19H29N3O3S.2C2HF3O2/c1-15-3-2-9-20-18(15)14-22-10-7-19(8-11-22)13-16(6-12-25-19)21-26(23,24)17-4-5-17;2*3-2(4,5)1(6)7/h2-3,9,16-17,21H,4-8,10-14H2,1H3;2*(H,6,7). The SMILES string of the molecule is Cc1cccnc1CN1CCC2(CC1)CC(NS(=O)(=O)C1CC1)CCO2.O=C(O)C(F)(F)F.O=C(O)C(F)(F)F. The van der Waals surface area contributed by atoms with E-state index in [0.717, 1.165) is 63.9 Å². The van der Waals surface area contributed by atoms with Crippen molar-refractivity contribution in [1.29, 1.82) is 0 Å². The highest BCUT2D eigenvalue weighted by molar-refractivity contribution is 7.90. The van der Waals surface area contributed by atoms with Crippen LogP contribution >= 0.6 is 0 Å². The number of rotatable bonds is 5. The fraction of sp³-hybridized carbons (Fsp3) is 0.696. The lowest BCUT2D eigenvalue weighted by Gasteiger charge is -2.46. The van der Waals surface area contributed by atoms with E-state index >= 15 is 0 Å². The zero-order chi connectivity index (χ0) is 30.4. The number of aryl methyl sites for hydroxylation is 1. The molecule has 17 heteroatoms. The van der Waals surface area contributed by atoms with Crippen molar-refractivity contribution in [2.75, 3.05) is 19.7 Å². The van der Waals surface area contributed by atoms with Gasteiger partial charge in [0, 0.05) is 38.5 Å². The van der Waals surface area contributed by atoms with E-state index in [1.54, 1.807) is 0 Å². The molecule has 1 saturated carbocycles. The van der Waals surface area contributed by atoms with Crippen molar-refractivity contribution in [3.05, 3.63) is 29.6 Å². The molecular formula is C23H31F6N3O7S. The summed E-state index contributed by atoms with van der Waals surface area (Å²) in [6.07, 6.45) is -3.19. The number of sulfonamides is 1. The summed E-state index contributed by atoms with van der Waals surface area (Å²) in [4.78, 5) is 24.7. The van der Waals surface area contributed by atoms with Crippen LogP contribution < -0.4 is 4.72 Å². The predicted octanol–water partition coefficient (Wildman–Crippen LogP) is 3.25. The Morgan fingerprint density at radius 2 is 1.60 bits per heavy atom. The number of nitrogens with zero attached hydrogens (tertiary/aromatic N) is 2. The van der Waals surface area contributed by atoms with Crippen molar-refractivity contribution in [2.45, 2.75) is 81.2 Å². The fourth-order valence-electron chi connectivity index (χ4n) is 4.20. The van der Waals surface area contributed by atoms with Crippen LogP contribution in [0.3, 0.4) is 0 Å². The number of likely N-dealkylation sites (tertiary alicyclic amines) is 1. The first-order valence-corrected chi connectivity index (χ1v) is 13.8. The van der Waals surface area contributed by atoms with Crippen LogP contribution in [-0.2, 0) is 30.9 Å². The van der Waals surface area contributed by atoms with Crippen LogP contribution in [0.25, 0.3) is 0 Å². The Hall–Kier alpha value is -2.50. The second-order valence-corrected chi connectivity index (χ2v) is 11.7. The van der Waals surface area contributed by atoms with Gasteiger partial charge in [0.05, 0.1) is 16.5 Å². The fourth-order valence-corrected chi connectivity index (χ4v) is 5.81. The summed E-state index contributed by atoms with van der Waals surface area (Å²) < 4.78 is 97.1. The topological polar surface area (TPSA) is 146 Å². The van der Waals surface area contributed by atoms with Crippen molar-refractivity contribution in [1.82, 2.24) is 14.6 Å². The molecule has 1 aromatic heterocycles. The monoisotopic (exact) mass is 607 g/mol. The molecular weight excluding hydrogens is 576 g/mol. The second-order valence-electron chi connectivity index (χ2n) is 9.73. The molecule has 2 saturated heterocycles. The van der Waals surface area contributed by atoms with Gasteiger partial charge in [-0.15, -0.1) is 0 Å². The number of carboxylic acid groups (broad SMARTS) is 2. The van der Waals surface area contributed by atoms with Crippen LogP contribution in [0, 0.1) is 6.92 Å². The number of hydrogen-bond donors (Lipinski definition) is 3. The number of carbonyl (C=O) groups is 2. The van der Waals surface area contributed by atoms with Gasteiger partial charge in [0.2, 0.25) is 10.0 Å². The lowest BCUT2D eigenvalue weighted by Crippen LogP contribution is -2.53. The van der Waals surface area contributed by atoms with Crippen LogP contribution in [0.2, 0.25) is 0 Å². The Bertz CT molecular complexity index is 1090. The van der Waals surface area contributed by atoms with Gasteiger partial charge in [-0.25, -0.2) is 22.7 Å². The van der Waals surface area contributed by atoms with E-state index in [0.29, 0.717) is 6.61 Å². The molecule has 1 aliphatic carbocycles. The molecule has 1 unspecified atom stereocenters. The highest BCUT2D eigenvalue weighted by atomic mass is 32.2. The molecule has 3 N–H and O–H groups in total. The zero-order valence-electron chi connectivity index (χ0n) is 21.5. The highest BCUT2D eigenvalue weighted by Gasteiger charge is 2.43. The average molecular weight is 608 g/mol. The predicted molar refractivity (Wildman–Crippen MR) is 128 cm³/mol. The zero-order valence-corrected chi connectivity index (χ0v) is 22.3. The molecule has 3 aliphatic rings. The van der Waals surface area contributed by atoms with E-state index in [-0.39, 0.29) is 16.9 Å². The summed E-state index contributed by atoms with van der Waals surface area (Å²) in [5.41, 5.74) is 2.21. The lowest BCUT2D eigenvalue weighted by molar-refractivity contribution is -0.193. The third-order valence-electron chi connectivity index (χ3n) is 6.53. The molecule has 2 aliphatic heterocycles. The van der Waals surface area contributed by atoms with E-state index in [1.807, 2.05) is 12.3 Å². The average Bonchev–Trinajstić information content (AvgIpc) is 3.68. The first kappa shape index (κ1) is 33.7. The Morgan fingerprint density at radius 1 is 1.07 bits per heavy atom. The van der Waals surface area contributed by atoms with Gasteiger partial charge >= 0.3 is 24.3 Å². The molecule has 1 aromatic rings. The van der Waals surface area contributed by atoms with Gasteiger partial charge in [-0.3, -0.25) is 9.88 Å². The number of carboxylic acids is 2. The molecule has 40 heavy (non-hydrogen) atoms. The van der Waals surface area contributed by atoms with Crippen LogP contribution in [0.1, 0.15) is 49.8 Å². The molecule has 10 nitrogen and oxygen atoms in total. The van der Waals surface area contributed by atoms with Crippen molar-refractivity contribution in [3.8, 4) is 0 Å². The molecule has 1 atom stereocenters. The van der Waals surface area contributed by atoms with E-state index in [4.69, 9.17) is 24.5 Å². The summed E-state index contributed by atoms with van der Waals surface area (Å²) in [5.74, 6) is -5.51. The number of pyridine rings is 1. The summed E-state index contributed by atoms with van der Waals surface area (Å²) in [6.45, 7) is 5.57. The Kier molecular flexibility index (Phi) is 11.3. The van der Waals surface area contributed by atoms with E-state index in [1.165, 1.54) is 5.56 Å². The van der Waals surface area contributed by atoms with Gasteiger partial charge in [-0.05, 0) is 57.1 Å². The van der Waals surface area contributed by atoms with E-state index < -0.39 is 34.3 Å². The van der Waals surface area contributed by atoms with Crippen LogP contribution in [-0.4, -0.2) is 89.4 Å². The third kappa shape index (κ3) is 10.8. The van der Waals surface area contributed by atoms with Gasteiger partial charge < -0.3 is 14.9 Å². The summed E-state index contributed by atoms with van der Waals surface area (Å²) in [7, 11) is -3.12. The number of nitrogens with one attached hydrogen (secondary N) is 1. The first-order chi connectivity index (χ1) is 18.3. The third-order valence-corrected chi connectivity index (χ3v) is 8.54. The molecule has 1 spiro atoms. The van der Waals surface area contributed by atoms with Crippen LogP contribution in [0.15, 0.2) is 18.3 Å². The van der Waals surface area contributed by atoms with E-state index in [9.17, 15) is 34.8 Å². The van der Waals surface area contributed by atoms with Gasteiger partial charge in [0.1, 0.15) is 0 Å². The largest absolute Gasteiger partial charge is 0.490 e. The quantitative estimate of drug-likeness (QED) is 0.430. The van der Waals surface area contributed by atoms with Gasteiger partial charge in [-0.1, -0.05) is 6.07 Å². The molecule has 3 fully saturated rings. The van der Waals surface area contributed by atoms with Crippen molar-refractivity contribution in [3.63, 3.8) is 0 Å². The number of aliphatic carboxylic acids is 2. The molecule has 0 radical (unpaired) electrons. The highest BCUT2D eigenvalue weighted by Crippen LogP contribution is 2.36.